The first-order chi connectivity index (χ1) is 8.67. The molecular weight excluding hydrogens is 230 g/mol. The van der Waals surface area contributed by atoms with Crippen LogP contribution in [0, 0.1) is 0 Å². The molecule has 0 heterocycles. The van der Waals surface area contributed by atoms with Gasteiger partial charge in [0.25, 0.3) is 0 Å². The third-order valence-electron chi connectivity index (χ3n) is 2.77. The van der Waals surface area contributed by atoms with Gasteiger partial charge in [0, 0.05) is 12.6 Å². The number of methoxy groups -OCH3 is 2. The summed E-state index contributed by atoms with van der Waals surface area (Å²) in [5.74, 6) is 0.714. The average molecular weight is 251 g/mol. The largest absolute Gasteiger partial charge is 0.496 e. The van der Waals surface area contributed by atoms with E-state index in [9.17, 15) is 4.79 Å². The Kier molecular flexibility index (Phi) is 6.22. The lowest BCUT2D eigenvalue weighted by Gasteiger charge is -2.15. The minimum absolute atomic E-state index is 0.188. The van der Waals surface area contributed by atoms with Crippen molar-refractivity contribution >= 4 is 5.97 Å². The second-order valence-corrected chi connectivity index (χ2v) is 4.20. The third-order valence-corrected chi connectivity index (χ3v) is 2.77. The number of rotatable bonds is 7. The fourth-order valence-corrected chi connectivity index (χ4v) is 1.80. The van der Waals surface area contributed by atoms with Crippen molar-refractivity contribution < 1.29 is 14.3 Å². The SMILES string of the molecule is COC(=O)CCNC(C)Cc1ccccc1OC. The van der Waals surface area contributed by atoms with Gasteiger partial charge in [-0.25, -0.2) is 0 Å². The normalized spacial score (nSPS) is 11.9. The molecule has 0 aromatic heterocycles. The maximum atomic E-state index is 11.0. The van der Waals surface area contributed by atoms with Gasteiger partial charge in [0.1, 0.15) is 5.75 Å². The van der Waals surface area contributed by atoms with Gasteiger partial charge in [-0.05, 0) is 25.0 Å². The highest BCUT2D eigenvalue weighted by Gasteiger charge is 2.08. The summed E-state index contributed by atoms with van der Waals surface area (Å²) in [4.78, 5) is 11.0. The molecule has 1 atom stereocenters. The molecule has 18 heavy (non-hydrogen) atoms. The van der Waals surface area contributed by atoms with Crippen LogP contribution in [0.1, 0.15) is 18.9 Å². The molecule has 0 saturated carbocycles. The van der Waals surface area contributed by atoms with Crippen molar-refractivity contribution in [1.82, 2.24) is 5.32 Å². The zero-order chi connectivity index (χ0) is 13.4. The molecule has 0 aliphatic carbocycles. The molecule has 0 bridgehead atoms. The fraction of sp³-hybridized carbons (Fsp3) is 0.500. The molecule has 4 nitrogen and oxygen atoms in total. The van der Waals surface area contributed by atoms with Crippen molar-refractivity contribution in [2.45, 2.75) is 25.8 Å². The highest BCUT2D eigenvalue weighted by molar-refractivity contribution is 5.69. The van der Waals surface area contributed by atoms with E-state index in [-0.39, 0.29) is 12.0 Å². The lowest BCUT2D eigenvalue weighted by molar-refractivity contribution is -0.140. The number of carbonyl (C=O) groups is 1. The van der Waals surface area contributed by atoms with E-state index in [0.717, 1.165) is 17.7 Å². The highest BCUT2D eigenvalue weighted by Crippen LogP contribution is 2.18. The van der Waals surface area contributed by atoms with Gasteiger partial charge < -0.3 is 14.8 Å². The molecule has 0 spiro atoms. The zero-order valence-corrected chi connectivity index (χ0v) is 11.2. The van der Waals surface area contributed by atoms with E-state index in [1.165, 1.54) is 7.11 Å². The van der Waals surface area contributed by atoms with Crippen molar-refractivity contribution in [3.8, 4) is 5.75 Å². The summed E-state index contributed by atoms with van der Waals surface area (Å²) in [5, 5.41) is 3.29. The molecule has 1 aromatic rings. The molecule has 1 rings (SSSR count). The van der Waals surface area contributed by atoms with Crippen molar-refractivity contribution in [2.24, 2.45) is 0 Å². The molecule has 0 aliphatic heterocycles. The Bertz CT molecular complexity index is 379. The van der Waals surface area contributed by atoms with Crippen LogP contribution < -0.4 is 10.1 Å². The van der Waals surface area contributed by atoms with E-state index in [1.54, 1.807) is 7.11 Å². The minimum atomic E-state index is -0.188. The summed E-state index contributed by atoms with van der Waals surface area (Å²) < 4.78 is 9.89. The molecule has 1 aromatic carbocycles. The molecule has 0 aliphatic rings. The second kappa shape index (κ2) is 7.71. The van der Waals surface area contributed by atoms with E-state index < -0.39 is 0 Å². The maximum Gasteiger partial charge on any atom is 0.306 e. The van der Waals surface area contributed by atoms with Gasteiger partial charge in [-0.3, -0.25) is 4.79 Å². The number of hydrogen-bond donors (Lipinski definition) is 1. The standard InChI is InChI=1S/C14H21NO3/c1-11(15-9-8-14(16)18-3)10-12-6-4-5-7-13(12)17-2/h4-7,11,15H,8-10H2,1-3H3. The van der Waals surface area contributed by atoms with Gasteiger partial charge in [-0.15, -0.1) is 0 Å². The number of para-hydroxylation sites is 1. The first-order valence-electron chi connectivity index (χ1n) is 6.09. The van der Waals surface area contributed by atoms with Gasteiger partial charge in [0.2, 0.25) is 0 Å². The molecule has 100 valence electrons. The van der Waals surface area contributed by atoms with E-state index in [1.807, 2.05) is 18.2 Å². The molecule has 0 saturated heterocycles. The van der Waals surface area contributed by atoms with E-state index in [4.69, 9.17) is 4.74 Å². The number of carbonyl (C=O) groups excluding carboxylic acids is 1. The quantitative estimate of drug-likeness (QED) is 0.750. The summed E-state index contributed by atoms with van der Waals surface area (Å²) >= 11 is 0. The van der Waals surface area contributed by atoms with Gasteiger partial charge in [-0.2, -0.15) is 0 Å². The summed E-state index contributed by atoms with van der Waals surface area (Å²) in [6.45, 7) is 2.71. The van der Waals surface area contributed by atoms with E-state index in [2.05, 4.69) is 23.0 Å². The van der Waals surface area contributed by atoms with Gasteiger partial charge in [0.05, 0.1) is 20.6 Å². The molecule has 0 radical (unpaired) electrons. The van der Waals surface area contributed by atoms with Gasteiger partial charge >= 0.3 is 5.97 Å². The Balaban J connectivity index is 2.39. The topological polar surface area (TPSA) is 47.6 Å². The van der Waals surface area contributed by atoms with Crippen LogP contribution in [0.25, 0.3) is 0 Å². The van der Waals surface area contributed by atoms with Crippen LogP contribution in [-0.4, -0.2) is 32.8 Å². The van der Waals surface area contributed by atoms with Crippen molar-refractivity contribution in [3.05, 3.63) is 29.8 Å². The average Bonchev–Trinajstić information content (AvgIpc) is 2.39. The molecule has 1 N–H and O–H groups in total. The third kappa shape index (κ3) is 4.75. The molecule has 0 fully saturated rings. The summed E-state index contributed by atoms with van der Waals surface area (Å²) in [5.41, 5.74) is 1.16. The number of nitrogens with one attached hydrogen (secondary N) is 1. The van der Waals surface area contributed by atoms with Crippen molar-refractivity contribution in [2.75, 3.05) is 20.8 Å². The predicted octanol–water partition coefficient (Wildman–Crippen LogP) is 1.78. The fourth-order valence-electron chi connectivity index (χ4n) is 1.80. The van der Waals surface area contributed by atoms with Crippen molar-refractivity contribution in [1.29, 1.82) is 0 Å². The highest BCUT2D eigenvalue weighted by atomic mass is 16.5. The Morgan fingerprint density at radius 2 is 2.06 bits per heavy atom. The first kappa shape index (κ1) is 14.5. The summed E-state index contributed by atoms with van der Waals surface area (Å²) in [7, 11) is 3.08. The predicted molar refractivity (Wildman–Crippen MR) is 70.8 cm³/mol. The Hall–Kier alpha value is -1.55. The van der Waals surface area contributed by atoms with Crippen LogP contribution in [-0.2, 0) is 16.0 Å². The van der Waals surface area contributed by atoms with Crippen LogP contribution >= 0.6 is 0 Å². The Morgan fingerprint density at radius 1 is 1.33 bits per heavy atom. The minimum Gasteiger partial charge on any atom is -0.496 e. The lowest BCUT2D eigenvalue weighted by Crippen LogP contribution is -2.30. The molecule has 4 heteroatoms. The molecular formula is C14H21NO3. The Labute approximate surface area is 108 Å². The Morgan fingerprint density at radius 3 is 2.72 bits per heavy atom. The molecule has 0 amide bonds. The van der Waals surface area contributed by atoms with Gasteiger partial charge in [-0.1, -0.05) is 18.2 Å². The van der Waals surface area contributed by atoms with Gasteiger partial charge in [0.15, 0.2) is 0 Å². The van der Waals surface area contributed by atoms with Crippen LogP contribution in [0.2, 0.25) is 0 Å². The number of hydrogen-bond acceptors (Lipinski definition) is 4. The summed E-state index contributed by atoms with van der Waals surface area (Å²) in [6, 6.07) is 8.25. The van der Waals surface area contributed by atoms with Crippen LogP contribution in [0.5, 0.6) is 5.75 Å². The van der Waals surface area contributed by atoms with E-state index >= 15 is 0 Å². The molecule has 1 unspecified atom stereocenters. The zero-order valence-electron chi connectivity index (χ0n) is 11.2. The smallest absolute Gasteiger partial charge is 0.306 e. The number of benzene rings is 1. The number of ether oxygens (including phenoxy) is 2. The van der Waals surface area contributed by atoms with Crippen LogP contribution in [0.4, 0.5) is 0 Å². The second-order valence-electron chi connectivity index (χ2n) is 4.20. The first-order valence-corrected chi connectivity index (χ1v) is 6.09. The maximum absolute atomic E-state index is 11.0. The monoisotopic (exact) mass is 251 g/mol. The lowest BCUT2D eigenvalue weighted by atomic mass is 10.1. The summed E-state index contributed by atoms with van der Waals surface area (Å²) in [6.07, 6.45) is 1.26. The van der Waals surface area contributed by atoms with Crippen LogP contribution in [0.3, 0.4) is 0 Å². The van der Waals surface area contributed by atoms with Crippen molar-refractivity contribution in [3.63, 3.8) is 0 Å². The number of esters is 1. The van der Waals surface area contributed by atoms with E-state index in [0.29, 0.717) is 13.0 Å². The van der Waals surface area contributed by atoms with Crippen LogP contribution in [0.15, 0.2) is 24.3 Å².